The molecule has 45 heteroatoms. The van der Waals surface area contributed by atoms with Crippen molar-refractivity contribution in [2.45, 2.75) is 211 Å². The predicted octanol–water partition coefficient (Wildman–Crippen LogP) is -3.51. The van der Waals surface area contributed by atoms with Gasteiger partial charge in [0.25, 0.3) is 0 Å². The highest BCUT2D eigenvalue weighted by Gasteiger charge is 2.45. The number of amides is 12. The molecule has 2 unspecified atom stereocenters. The molecule has 39 nitrogen and oxygen atoms in total. The molecule has 0 spiro atoms. The fraction of sp³-hybridized carbons (Fsp3) is 0.594. The number of alkyl carbamates (subject to hydrolysis) is 1. The minimum Gasteiger partial charge on any atom is -0.475 e. The van der Waals surface area contributed by atoms with Gasteiger partial charge in [0.1, 0.15) is 54.9 Å². The van der Waals surface area contributed by atoms with Crippen LogP contribution in [0.25, 0.3) is 0 Å². The zero-order valence-electron chi connectivity index (χ0n) is 63.8. The number of aliphatic hydroxyl groups is 4. The molecule has 114 heavy (non-hydrogen) atoms. The van der Waals surface area contributed by atoms with Crippen LogP contribution in [0.3, 0.4) is 0 Å². The van der Waals surface area contributed by atoms with Gasteiger partial charge in [0.15, 0.2) is 24.2 Å². The second-order valence-corrected chi connectivity index (χ2v) is 27.2. The summed E-state index contributed by atoms with van der Waals surface area (Å²) in [5, 5.41) is 85.0. The van der Waals surface area contributed by atoms with Crippen molar-refractivity contribution >= 4 is 94.9 Å². The van der Waals surface area contributed by atoms with E-state index >= 15 is 4.79 Å². The SMILES string of the molecule is CC[C@H](C)C1NC(=O)[C@@H](CCCN=C(N)N)NC(=O)[C@H](CC(C)C)NC(=O)[C@H]([C@H](O)C(C)C)NC(=O)[C@@H](NC(=O)[C@H](CC(C)C)NC(=O)[C@H](N)CCCNC(=O)OCc2ccccc2)[C@@H](c2ccccc2)OC(=O)[C@H](CO)NC(=O)[C@H]([C@H](O)C(N)=O)NC(=O)CNC(=O)C([C@H](C)O)NC1=O.O=C(O)C(F)(F)F.O=C(O)C(F)(F)F. The summed E-state index contributed by atoms with van der Waals surface area (Å²) >= 11 is 0. The third kappa shape index (κ3) is 37.1. The first-order chi connectivity index (χ1) is 53.0. The molecule has 12 amide bonds. The quantitative estimate of drug-likeness (QED) is 0.0136. The summed E-state index contributed by atoms with van der Waals surface area (Å²) < 4.78 is 74.7. The summed E-state index contributed by atoms with van der Waals surface area (Å²) in [4.78, 5) is 205. The number of hydrogen-bond donors (Lipinski definition) is 21. The van der Waals surface area contributed by atoms with Gasteiger partial charge in [-0.2, -0.15) is 26.3 Å². The number of nitrogens with one attached hydrogen (secondary N) is 11. The molecule has 0 saturated carbocycles. The fourth-order valence-corrected chi connectivity index (χ4v) is 10.1. The summed E-state index contributed by atoms with van der Waals surface area (Å²) in [5.41, 5.74) is 23.4. The van der Waals surface area contributed by atoms with Crippen LogP contribution in [0, 0.1) is 23.7 Å². The topological polar surface area (TPSA) is 645 Å². The number of benzene rings is 2. The Kier molecular flexibility index (Phi) is 43.8. The van der Waals surface area contributed by atoms with Crippen LogP contribution in [0.2, 0.25) is 0 Å². The smallest absolute Gasteiger partial charge is 0.475 e. The summed E-state index contributed by atoms with van der Waals surface area (Å²) in [6.07, 6.45) is -19.3. The third-order valence-corrected chi connectivity index (χ3v) is 16.4. The Labute approximate surface area is 650 Å². The Morgan fingerprint density at radius 2 is 1.14 bits per heavy atom. The lowest BCUT2D eigenvalue weighted by Crippen LogP contribution is -2.64. The Balaban J connectivity index is 0.00000422. The number of nitrogens with two attached hydrogens (primary N) is 4. The molecule has 1 aliphatic rings. The number of guanidine groups is 1. The van der Waals surface area contributed by atoms with Crippen molar-refractivity contribution in [1.29, 1.82) is 0 Å². The Hall–Kier alpha value is -11.1. The molecule has 0 aliphatic carbocycles. The molecule has 3 rings (SSSR count). The van der Waals surface area contributed by atoms with Crippen molar-refractivity contribution in [3.63, 3.8) is 0 Å². The molecule has 1 fully saturated rings. The van der Waals surface area contributed by atoms with E-state index in [2.05, 4.69) is 52.8 Å². The predicted molar refractivity (Wildman–Crippen MR) is 388 cm³/mol. The highest BCUT2D eigenvalue weighted by atomic mass is 19.4. The van der Waals surface area contributed by atoms with E-state index in [0.717, 1.165) is 12.5 Å². The van der Waals surface area contributed by atoms with Gasteiger partial charge >= 0.3 is 36.4 Å². The second-order valence-electron chi connectivity index (χ2n) is 27.2. The summed E-state index contributed by atoms with van der Waals surface area (Å²) in [6, 6.07) is -2.50. The van der Waals surface area contributed by atoms with Crippen LogP contribution >= 0.6 is 0 Å². The number of carbonyl (C=O) groups is 15. The molecule has 0 aromatic heterocycles. The number of carbonyl (C=O) groups excluding carboxylic acids is 13. The van der Waals surface area contributed by atoms with E-state index in [9.17, 15) is 104 Å². The zero-order valence-corrected chi connectivity index (χ0v) is 63.8. The lowest BCUT2D eigenvalue weighted by Gasteiger charge is -2.33. The van der Waals surface area contributed by atoms with Crippen LogP contribution in [0.15, 0.2) is 65.7 Å². The van der Waals surface area contributed by atoms with Crippen LogP contribution in [-0.4, -0.2) is 243 Å². The molecule has 640 valence electrons. The molecule has 0 radical (unpaired) electrons. The molecule has 15 atom stereocenters. The van der Waals surface area contributed by atoms with Crippen molar-refractivity contribution in [2.75, 3.05) is 26.2 Å². The van der Waals surface area contributed by atoms with E-state index in [4.69, 9.17) is 52.2 Å². The first kappa shape index (κ1) is 101. The lowest BCUT2D eigenvalue weighted by atomic mass is 9.95. The highest BCUT2D eigenvalue weighted by molar-refractivity contribution is 6.00. The molecule has 0 bridgehead atoms. The molecular weight excluding hydrogens is 1530 g/mol. The van der Waals surface area contributed by atoms with Gasteiger partial charge in [-0.25, -0.2) is 19.2 Å². The van der Waals surface area contributed by atoms with Gasteiger partial charge in [0.2, 0.25) is 65.0 Å². The standard InChI is InChI=1S/C65H102N16O19.2C2HF3O2/c1-10-35(8)45-59(93)79-46(36(9)83)58(92)72-29-44(84)77-48(51(86)53(67)87)61(95)76-43(30-82)63(97)100-52(38-21-15-12-16-22-38)49(81-57(91)42(28-33(4)5)74-54(88)39(66)23-17-26-71-65(98)99-31-37-19-13-11-14-20-37)62(96)80-47(50(85)34(6)7)60(94)75-41(27-32(2)3)56(90)73-40(55(89)78-45)24-18-25-70-64(68)69;2*3-2(4,5)1(6)7/h11-16,19-22,32-36,39-43,45-52,82-83,85-86H,10,17-18,23-31,66H2,1-9H3,(H2,67,87)(H,71,98)(H,72,92)(H,73,90)(H,74,88)(H,75,94)(H,76,95)(H,77,84)(H,78,89)(H,79,93)(H,80,96)(H,81,91)(H4,68,69,70);2*(H,6,7)/t35-,36-,39+,40+,41-,42-,43-,45?,46?,47-,48-,49-,50+,51-,52+;;/m0../s1. The van der Waals surface area contributed by atoms with E-state index in [1.54, 1.807) is 71.9 Å². The third-order valence-electron chi connectivity index (χ3n) is 16.4. The number of ether oxygens (including phenoxy) is 2. The molecule has 2 aromatic rings. The number of rotatable bonds is 27. The van der Waals surface area contributed by atoms with Gasteiger partial charge in [0, 0.05) is 13.1 Å². The molecule has 1 aliphatic heterocycles. The minimum absolute atomic E-state index is 0.00615. The van der Waals surface area contributed by atoms with Crippen molar-refractivity contribution < 1.29 is 138 Å². The van der Waals surface area contributed by atoms with E-state index < -0.39 is 217 Å². The van der Waals surface area contributed by atoms with Crippen LogP contribution in [0.5, 0.6) is 0 Å². The van der Waals surface area contributed by atoms with Crippen LogP contribution in [0.1, 0.15) is 124 Å². The Morgan fingerprint density at radius 3 is 1.64 bits per heavy atom. The number of aliphatic carboxylic acids is 2. The normalized spacial score (nSPS) is 21.7. The number of hydrogen-bond acceptors (Lipinski definition) is 23. The number of carboxylic acid groups (broad SMARTS) is 2. The number of esters is 1. The van der Waals surface area contributed by atoms with E-state index in [0.29, 0.717) is 0 Å². The van der Waals surface area contributed by atoms with Crippen molar-refractivity contribution in [3.05, 3.63) is 71.8 Å². The number of alkyl halides is 6. The van der Waals surface area contributed by atoms with E-state index in [1.807, 2.05) is 10.6 Å². The van der Waals surface area contributed by atoms with Gasteiger partial charge in [0.05, 0.1) is 31.4 Å². The number of aliphatic hydroxyl groups excluding tert-OH is 4. The largest absolute Gasteiger partial charge is 0.490 e. The van der Waals surface area contributed by atoms with Gasteiger partial charge in [-0.1, -0.05) is 122 Å². The van der Waals surface area contributed by atoms with Gasteiger partial charge in [-0.15, -0.1) is 0 Å². The monoisotopic (exact) mass is 1640 g/mol. The van der Waals surface area contributed by atoms with E-state index in [1.165, 1.54) is 44.2 Å². The minimum atomic E-state index is -5.08. The lowest BCUT2D eigenvalue weighted by molar-refractivity contribution is -0.193. The Bertz CT molecular complexity index is 3540. The molecular formula is C69H104F6N16O23. The average Bonchev–Trinajstić information content (AvgIpc) is 0.808. The molecule has 1 saturated heterocycles. The number of primary amides is 1. The van der Waals surface area contributed by atoms with Gasteiger partial charge in [-0.05, 0) is 80.2 Å². The average molecular weight is 1640 g/mol. The number of nitrogens with zero attached hydrogens (tertiary/aromatic N) is 1. The first-order valence-corrected chi connectivity index (χ1v) is 35.5. The summed E-state index contributed by atoms with van der Waals surface area (Å²) in [7, 11) is 0. The maximum Gasteiger partial charge on any atom is 0.490 e. The fourth-order valence-electron chi connectivity index (χ4n) is 10.1. The highest BCUT2D eigenvalue weighted by Crippen LogP contribution is 2.25. The summed E-state index contributed by atoms with van der Waals surface area (Å²) in [6.45, 7) is 11.5. The van der Waals surface area contributed by atoms with Crippen molar-refractivity contribution in [2.24, 2.45) is 51.6 Å². The first-order valence-electron chi connectivity index (χ1n) is 35.5. The summed E-state index contributed by atoms with van der Waals surface area (Å²) in [5.74, 6) is -23.2. The van der Waals surface area contributed by atoms with Crippen molar-refractivity contribution in [1.82, 2.24) is 58.5 Å². The van der Waals surface area contributed by atoms with Crippen LogP contribution in [-0.2, 0) is 83.2 Å². The number of halogens is 6. The van der Waals surface area contributed by atoms with Gasteiger partial charge < -0.3 is 122 Å². The second kappa shape index (κ2) is 49.4. The maximum atomic E-state index is 15.5. The zero-order chi connectivity index (χ0) is 87.2. The van der Waals surface area contributed by atoms with Gasteiger partial charge in [-0.3, -0.25) is 57.7 Å². The van der Waals surface area contributed by atoms with Crippen LogP contribution < -0.4 is 81.4 Å². The van der Waals surface area contributed by atoms with E-state index in [-0.39, 0.29) is 82.1 Å². The Morgan fingerprint density at radius 1 is 0.632 bits per heavy atom. The van der Waals surface area contributed by atoms with Crippen molar-refractivity contribution in [3.8, 4) is 0 Å². The maximum absolute atomic E-state index is 15.5. The number of carboxylic acids is 2. The number of aliphatic imine (C=N–C) groups is 1. The molecule has 2 aromatic carbocycles. The molecule has 1 heterocycles. The number of cyclic esters (lactones) is 1. The van der Waals surface area contributed by atoms with Crippen LogP contribution in [0.4, 0.5) is 31.1 Å². The molecule has 25 N–H and O–H groups in total.